The van der Waals surface area contributed by atoms with Gasteiger partial charge in [-0.3, -0.25) is 4.79 Å². The number of nitrogens with one attached hydrogen (secondary N) is 1. The Morgan fingerprint density at radius 2 is 2.23 bits per heavy atom. The third-order valence-corrected chi connectivity index (χ3v) is 3.19. The van der Waals surface area contributed by atoms with Crippen molar-refractivity contribution in [2.45, 2.75) is 44.7 Å². The third kappa shape index (κ3) is 1.70. The predicted octanol–water partition coefficient (Wildman–Crippen LogP) is 0.749. The van der Waals surface area contributed by atoms with E-state index in [2.05, 4.69) is 12.2 Å². The second-order valence-corrected chi connectivity index (χ2v) is 4.17. The standard InChI is InChI=1S/C10H18N2O/c1-8-4-3-7-12(8)10(13)9-5-2-6-11-9/h8-9,11H,2-7H2,1H3/t8?,9-/m1/s1. The van der Waals surface area contributed by atoms with Crippen LogP contribution in [0.2, 0.25) is 0 Å². The van der Waals surface area contributed by atoms with Gasteiger partial charge in [0.2, 0.25) is 5.91 Å². The van der Waals surface area contributed by atoms with Gasteiger partial charge in [-0.1, -0.05) is 0 Å². The maximum atomic E-state index is 11.9. The van der Waals surface area contributed by atoms with Gasteiger partial charge in [0.25, 0.3) is 0 Å². The number of carbonyl (C=O) groups excluding carboxylic acids is 1. The molecule has 0 aromatic rings. The first kappa shape index (κ1) is 9.00. The largest absolute Gasteiger partial charge is 0.339 e. The van der Waals surface area contributed by atoms with Gasteiger partial charge in [0.15, 0.2) is 0 Å². The molecule has 1 unspecified atom stereocenters. The molecule has 0 aliphatic carbocycles. The predicted molar refractivity (Wildman–Crippen MR) is 51.4 cm³/mol. The first-order valence-corrected chi connectivity index (χ1v) is 5.33. The molecule has 2 fully saturated rings. The van der Waals surface area contributed by atoms with E-state index in [1.165, 1.54) is 12.8 Å². The van der Waals surface area contributed by atoms with Crippen LogP contribution in [-0.2, 0) is 4.79 Å². The number of carbonyl (C=O) groups is 1. The Labute approximate surface area is 79.5 Å². The molecule has 0 bridgehead atoms. The normalized spacial score (nSPS) is 34.1. The number of amides is 1. The zero-order chi connectivity index (χ0) is 9.26. The fourth-order valence-corrected chi connectivity index (χ4v) is 2.36. The first-order valence-electron chi connectivity index (χ1n) is 5.33. The molecule has 0 radical (unpaired) electrons. The fraction of sp³-hybridized carbons (Fsp3) is 0.900. The lowest BCUT2D eigenvalue weighted by Crippen LogP contribution is -2.44. The average Bonchev–Trinajstić information content (AvgIpc) is 2.72. The molecule has 0 spiro atoms. The van der Waals surface area contributed by atoms with Gasteiger partial charge in [0.05, 0.1) is 6.04 Å². The van der Waals surface area contributed by atoms with Gasteiger partial charge >= 0.3 is 0 Å². The van der Waals surface area contributed by atoms with Gasteiger partial charge in [-0.15, -0.1) is 0 Å². The summed E-state index contributed by atoms with van der Waals surface area (Å²) in [7, 11) is 0. The van der Waals surface area contributed by atoms with Gasteiger partial charge in [-0.05, 0) is 39.2 Å². The van der Waals surface area contributed by atoms with Gasteiger partial charge in [-0.2, -0.15) is 0 Å². The van der Waals surface area contributed by atoms with Crippen molar-refractivity contribution in [1.82, 2.24) is 10.2 Å². The monoisotopic (exact) mass is 182 g/mol. The van der Waals surface area contributed by atoms with Crippen LogP contribution in [0.3, 0.4) is 0 Å². The van der Waals surface area contributed by atoms with Gasteiger partial charge in [0, 0.05) is 12.6 Å². The van der Waals surface area contributed by atoms with E-state index in [-0.39, 0.29) is 6.04 Å². The van der Waals surface area contributed by atoms with Crippen molar-refractivity contribution in [3.8, 4) is 0 Å². The Morgan fingerprint density at radius 3 is 2.77 bits per heavy atom. The molecule has 2 rings (SSSR count). The maximum absolute atomic E-state index is 11.9. The lowest BCUT2D eigenvalue weighted by atomic mass is 10.2. The quantitative estimate of drug-likeness (QED) is 0.649. The van der Waals surface area contributed by atoms with Crippen molar-refractivity contribution in [3.63, 3.8) is 0 Å². The number of hydrogen-bond donors (Lipinski definition) is 1. The van der Waals surface area contributed by atoms with Gasteiger partial charge in [-0.25, -0.2) is 0 Å². The molecule has 13 heavy (non-hydrogen) atoms. The highest BCUT2D eigenvalue weighted by Crippen LogP contribution is 2.19. The SMILES string of the molecule is CC1CCCN1C(=O)[C@H]1CCCN1. The first-order chi connectivity index (χ1) is 6.29. The smallest absolute Gasteiger partial charge is 0.239 e. The van der Waals surface area contributed by atoms with Gasteiger partial charge in [0.1, 0.15) is 0 Å². The summed E-state index contributed by atoms with van der Waals surface area (Å²) in [5.41, 5.74) is 0. The molecule has 1 N–H and O–H groups in total. The van der Waals surface area contributed by atoms with Crippen LogP contribution >= 0.6 is 0 Å². The molecule has 2 saturated heterocycles. The molecule has 74 valence electrons. The zero-order valence-electron chi connectivity index (χ0n) is 8.25. The fourth-order valence-electron chi connectivity index (χ4n) is 2.36. The summed E-state index contributed by atoms with van der Waals surface area (Å²) in [6, 6.07) is 0.593. The van der Waals surface area contributed by atoms with Gasteiger partial charge < -0.3 is 10.2 Å². The number of nitrogens with zero attached hydrogens (tertiary/aromatic N) is 1. The second-order valence-electron chi connectivity index (χ2n) is 4.17. The highest BCUT2D eigenvalue weighted by molar-refractivity contribution is 5.82. The minimum atomic E-state index is 0.126. The van der Waals surface area contributed by atoms with Crippen molar-refractivity contribution in [1.29, 1.82) is 0 Å². The van der Waals surface area contributed by atoms with E-state index in [1.807, 2.05) is 4.90 Å². The molecule has 2 heterocycles. The van der Waals surface area contributed by atoms with Crippen molar-refractivity contribution in [2.75, 3.05) is 13.1 Å². The van der Waals surface area contributed by atoms with E-state index in [0.29, 0.717) is 11.9 Å². The Balaban J connectivity index is 1.95. The molecule has 0 aromatic heterocycles. The van der Waals surface area contributed by atoms with Crippen LogP contribution in [0.5, 0.6) is 0 Å². The van der Waals surface area contributed by atoms with Crippen LogP contribution in [0.25, 0.3) is 0 Å². The number of rotatable bonds is 1. The lowest BCUT2D eigenvalue weighted by Gasteiger charge is -2.24. The summed E-state index contributed by atoms with van der Waals surface area (Å²) < 4.78 is 0. The maximum Gasteiger partial charge on any atom is 0.239 e. The van der Waals surface area contributed by atoms with Crippen molar-refractivity contribution in [2.24, 2.45) is 0 Å². The molecule has 0 aromatic carbocycles. The summed E-state index contributed by atoms with van der Waals surface area (Å²) in [4.78, 5) is 14.0. The van der Waals surface area contributed by atoms with Crippen molar-refractivity contribution >= 4 is 5.91 Å². The summed E-state index contributed by atoms with van der Waals surface area (Å²) in [5, 5.41) is 3.26. The molecule has 0 saturated carbocycles. The second kappa shape index (κ2) is 3.66. The molecule has 2 aliphatic heterocycles. The van der Waals surface area contributed by atoms with Crippen LogP contribution in [0.1, 0.15) is 32.6 Å². The van der Waals surface area contributed by atoms with E-state index in [1.54, 1.807) is 0 Å². The Morgan fingerprint density at radius 1 is 1.38 bits per heavy atom. The highest BCUT2D eigenvalue weighted by Gasteiger charge is 2.31. The molecular weight excluding hydrogens is 164 g/mol. The molecule has 3 heteroatoms. The van der Waals surface area contributed by atoms with Crippen LogP contribution in [-0.4, -0.2) is 36.0 Å². The van der Waals surface area contributed by atoms with Crippen LogP contribution in [0.15, 0.2) is 0 Å². The Kier molecular flexibility index (Phi) is 2.54. The molecule has 1 amide bonds. The minimum Gasteiger partial charge on any atom is -0.339 e. The van der Waals surface area contributed by atoms with E-state index >= 15 is 0 Å². The lowest BCUT2D eigenvalue weighted by molar-refractivity contribution is -0.133. The summed E-state index contributed by atoms with van der Waals surface area (Å²) in [6.45, 7) is 4.14. The van der Waals surface area contributed by atoms with E-state index < -0.39 is 0 Å². The third-order valence-electron chi connectivity index (χ3n) is 3.19. The molecule has 3 nitrogen and oxygen atoms in total. The molecular formula is C10H18N2O. The average molecular weight is 182 g/mol. The van der Waals surface area contributed by atoms with Crippen molar-refractivity contribution in [3.05, 3.63) is 0 Å². The Hall–Kier alpha value is -0.570. The van der Waals surface area contributed by atoms with Crippen LogP contribution in [0, 0.1) is 0 Å². The van der Waals surface area contributed by atoms with Crippen LogP contribution in [0.4, 0.5) is 0 Å². The number of likely N-dealkylation sites (tertiary alicyclic amines) is 1. The van der Waals surface area contributed by atoms with E-state index in [9.17, 15) is 4.79 Å². The minimum absolute atomic E-state index is 0.126. The topological polar surface area (TPSA) is 32.3 Å². The Bertz CT molecular complexity index is 199. The zero-order valence-corrected chi connectivity index (χ0v) is 8.25. The van der Waals surface area contributed by atoms with Crippen LogP contribution < -0.4 is 5.32 Å². The molecule has 2 aliphatic rings. The summed E-state index contributed by atoms with van der Waals surface area (Å²) in [6.07, 6.45) is 4.54. The molecule has 2 atom stereocenters. The summed E-state index contributed by atoms with van der Waals surface area (Å²) in [5.74, 6) is 0.336. The summed E-state index contributed by atoms with van der Waals surface area (Å²) >= 11 is 0. The van der Waals surface area contributed by atoms with Crippen molar-refractivity contribution < 1.29 is 4.79 Å². The highest BCUT2D eigenvalue weighted by atomic mass is 16.2. The van der Waals surface area contributed by atoms with E-state index in [4.69, 9.17) is 0 Å². The number of hydrogen-bond acceptors (Lipinski definition) is 2. The van der Waals surface area contributed by atoms with E-state index in [0.717, 1.165) is 25.9 Å².